The molecule has 1 N–H and O–H groups in total. The lowest BCUT2D eigenvalue weighted by Gasteiger charge is -2.12. The molecule has 5 nitrogen and oxygen atoms in total. The van der Waals surface area contributed by atoms with Gasteiger partial charge in [0.25, 0.3) is 0 Å². The number of nitrogens with one attached hydrogen (secondary N) is 1. The number of aromatic nitrogens is 3. The Hall–Kier alpha value is -2.60. The third kappa shape index (κ3) is 4.40. The van der Waals surface area contributed by atoms with Crippen LogP contribution in [0.15, 0.2) is 41.3 Å². The van der Waals surface area contributed by atoms with Crippen LogP contribution in [0.5, 0.6) is 0 Å². The predicted octanol–water partition coefficient (Wildman–Crippen LogP) is 5.20. The number of hydrogen-bond acceptors (Lipinski definition) is 4. The molecular formula is C25H28N4OS. The number of benzene rings is 2. The number of carbonyl (C=O) groups is 1. The first-order valence-corrected chi connectivity index (χ1v) is 12.2. The van der Waals surface area contributed by atoms with Gasteiger partial charge in [0.05, 0.1) is 5.75 Å². The van der Waals surface area contributed by atoms with E-state index < -0.39 is 0 Å². The number of thioether (sulfide) groups is 1. The molecule has 0 saturated heterocycles. The van der Waals surface area contributed by atoms with Crippen molar-refractivity contribution in [2.75, 3.05) is 11.1 Å². The summed E-state index contributed by atoms with van der Waals surface area (Å²) in [5, 5.41) is 12.0. The molecular weight excluding hydrogens is 404 g/mol. The van der Waals surface area contributed by atoms with E-state index in [1.54, 1.807) is 11.8 Å². The van der Waals surface area contributed by atoms with Crippen LogP contribution in [-0.2, 0) is 30.6 Å². The van der Waals surface area contributed by atoms with Gasteiger partial charge in [-0.25, -0.2) is 0 Å². The van der Waals surface area contributed by atoms with Crippen LogP contribution in [0, 0.1) is 6.92 Å². The van der Waals surface area contributed by atoms with Crippen molar-refractivity contribution in [3.8, 4) is 11.4 Å². The highest BCUT2D eigenvalue weighted by atomic mass is 32.2. The zero-order valence-electron chi connectivity index (χ0n) is 18.0. The van der Waals surface area contributed by atoms with Crippen molar-refractivity contribution in [3.05, 3.63) is 58.9 Å². The van der Waals surface area contributed by atoms with Crippen LogP contribution < -0.4 is 5.32 Å². The molecule has 0 saturated carbocycles. The number of amides is 1. The van der Waals surface area contributed by atoms with Gasteiger partial charge in [-0.3, -0.25) is 4.79 Å². The van der Waals surface area contributed by atoms with E-state index in [4.69, 9.17) is 0 Å². The minimum atomic E-state index is 0.0193. The van der Waals surface area contributed by atoms with Gasteiger partial charge < -0.3 is 9.88 Å². The van der Waals surface area contributed by atoms with Gasteiger partial charge in [0.15, 0.2) is 5.82 Å². The molecule has 2 aromatic carbocycles. The van der Waals surface area contributed by atoms with Gasteiger partial charge >= 0.3 is 0 Å². The third-order valence-electron chi connectivity index (χ3n) is 6.32. The molecule has 0 radical (unpaired) electrons. The minimum Gasteiger partial charge on any atom is -0.325 e. The quantitative estimate of drug-likeness (QED) is 0.563. The van der Waals surface area contributed by atoms with Crippen LogP contribution in [0.3, 0.4) is 0 Å². The fourth-order valence-electron chi connectivity index (χ4n) is 4.57. The summed E-state index contributed by atoms with van der Waals surface area (Å²) in [5.41, 5.74) is 5.82. The molecule has 5 rings (SSSR count). The van der Waals surface area contributed by atoms with E-state index >= 15 is 0 Å². The van der Waals surface area contributed by atoms with Gasteiger partial charge in [0, 0.05) is 29.1 Å². The predicted molar refractivity (Wildman–Crippen MR) is 126 cm³/mol. The second-order valence-corrected chi connectivity index (χ2v) is 9.60. The molecule has 1 aromatic heterocycles. The summed E-state index contributed by atoms with van der Waals surface area (Å²) in [6, 6.07) is 12.8. The number of rotatable bonds is 5. The fourth-order valence-corrected chi connectivity index (χ4v) is 5.33. The molecule has 1 aliphatic heterocycles. The Bertz CT molecular complexity index is 1120. The zero-order valence-corrected chi connectivity index (χ0v) is 18.8. The van der Waals surface area contributed by atoms with Gasteiger partial charge in [-0.2, -0.15) is 0 Å². The summed E-state index contributed by atoms with van der Waals surface area (Å²) in [6.45, 7) is 2.99. The Morgan fingerprint density at radius 1 is 1.00 bits per heavy atom. The molecule has 0 fully saturated rings. The van der Waals surface area contributed by atoms with Crippen molar-refractivity contribution in [1.82, 2.24) is 14.8 Å². The molecule has 0 spiro atoms. The van der Waals surface area contributed by atoms with E-state index in [1.165, 1.54) is 41.7 Å². The van der Waals surface area contributed by atoms with Gasteiger partial charge in [0.2, 0.25) is 5.91 Å². The molecule has 31 heavy (non-hydrogen) atoms. The van der Waals surface area contributed by atoms with Crippen molar-refractivity contribution >= 4 is 23.4 Å². The van der Waals surface area contributed by atoms with Gasteiger partial charge in [0.1, 0.15) is 5.82 Å². The Labute approximate surface area is 187 Å². The van der Waals surface area contributed by atoms with Crippen molar-refractivity contribution in [1.29, 1.82) is 0 Å². The summed E-state index contributed by atoms with van der Waals surface area (Å²) in [6.07, 6.45) is 8.15. The topological polar surface area (TPSA) is 59.8 Å². The van der Waals surface area contributed by atoms with Crippen LogP contribution in [0.25, 0.3) is 11.4 Å². The first-order valence-electron chi connectivity index (χ1n) is 11.2. The SMILES string of the molecule is Cc1ccc(-c2nnc3n2CCCCC3)cc1NC(=O)CSc1ccc2c(c1)CCC2. The molecule has 1 amide bonds. The number of carbonyl (C=O) groups excluding carboxylic acids is 1. The van der Waals surface area contributed by atoms with E-state index in [1.807, 2.05) is 13.0 Å². The lowest BCUT2D eigenvalue weighted by Crippen LogP contribution is -2.15. The standard InChI is InChI=1S/C25H28N4OS/c1-17-9-10-20(25-28-27-23-8-3-2-4-13-29(23)25)15-22(17)26-24(30)16-31-21-12-11-18-6-5-7-19(18)14-21/h9-12,14-15H,2-8,13,16H2,1H3,(H,26,30). The number of nitrogens with zero attached hydrogens (tertiary/aromatic N) is 3. The van der Waals surface area contributed by atoms with Crippen molar-refractivity contribution in [3.63, 3.8) is 0 Å². The molecule has 6 heteroatoms. The Balaban J connectivity index is 1.28. The zero-order chi connectivity index (χ0) is 21.2. The van der Waals surface area contributed by atoms with Crippen LogP contribution >= 0.6 is 11.8 Å². The fraction of sp³-hybridized carbons (Fsp3) is 0.400. The van der Waals surface area contributed by atoms with E-state index in [0.29, 0.717) is 5.75 Å². The number of aryl methyl sites for hydroxylation is 4. The molecule has 2 aliphatic rings. The van der Waals surface area contributed by atoms with E-state index in [2.05, 4.69) is 50.4 Å². The molecule has 160 valence electrons. The van der Waals surface area contributed by atoms with E-state index in [9.17, 15) is 4.79 Å². The summed E-state index contributed by atoms with van der Waals surface area (Å²) < 4.78 is 2.24. The van der Waals surface area contributed by atoms with E-state index in [-0.39, 0.29) is 5.91 Å². The van der Waals surface area contributed by atoms with Gasteiger partial charge in [-0.05, 0) is 73.9 Å². The van der Waals surface area contributed by atoms with Crippen molar-refractivity contribution in [2.45, 2.75) is 63.3 Å². The molecule has 0 unspecified atom stereocenters. The normalized spacial score (nSPS) is 15.3. The summed E-state index contributed by atoms with van der Waals surface area (Å²) in [5.74, 6) is 2.40. The molecule has 0 bridgehead atoms. The smallest absolute Gasteiger partial charge is 0.234 e. The maximum absolute atomic E-state index is 12.7. The van der Waals surface area contributed by atoms with Crippen LogP contribution in [-0.4, -0.2) is 26.4 Å². The second-order valence-electron chi connectivity index (χ2n) is 8.55. The number of hydrogen-bond donors (Lipinski definition) is 1. The van der Waals surface area contributed by atoms with Crippen LogP contribution in [0.1, 0.15) is 48.2 Å². The van der Waals surface area contributed by atoms with Gasteiger partial charge in [-0.15, -0.1) is 22.0 Å². The van der Waals surface area contributed by atoms with Crippen LogP contribution in [0.2, 0.25) is 0 Å². The minimum absolute atomic E-state index is 0.0193. The first kappa shape index (κ1) is 20.3. The van der Waals surface area contributed by atoms with Gasteiger partial charge in [-0.1, -0.05) is 24.6 Å². The number of anilines is 1. The molecule has 1 aliphatic carbocycles. The Morgan fingerprint density at radius 2 is 1.90 bits per heavy atom. The number of fused-ring (bicyclic) bond motifs is 2. The summed E-state index contributed by atoms with van der Waals surface area (Å²) in [7, 11) is 0. The third-order valence-corrected chi connectivity index (χ3v) is 7.31. The lowest BCUT2D eigenvalue weighted by molar-refractivity contribution is -0.113. The second kappa shape index (κ2) is 8.87. The van der Waals surface area contributed by atoms with Crippen LogP contribution in [0.4, 0.5) is 5.69 Å². The average molecular weight is 433 g/mol. The largest absolute Gasteiger partial charge is 0.325 e. The average Bonchev–Trinajstić information content (AvgIpc) is 3.34. The highest BCUT2D eigenvalue weighted by Crippen LogP contribution is 2.29. The molecule has 3 aromatic rings. The maximum Gasteiger partial charge on any atom is 0.234 e. The summed E-state index contributed by atoms with van der Waals surface area (Å²) in [4.78, 5) is 13.9. The Kier molecular flexibility index (Phi) is 5.81. The van der Waals surface area contributed by atoms with Crippen molar-refractivity contribution < 1.29 is 4.79 Å². The highest BCUT2D eigenvalue weighted by molar-refractivity contribution is 8.00. The Morgan fingerprint density at radius 3 is 2.84 bits per heavy atom. The van der Waals surface area contributed by atoms with E-state index in [0.717, 1.165) is 54.3 Å². The summed E-state index contributed by atoms with van der Waals surface area (Å²) >= 11 is 1.60. The molecule has 2 heterocycles. The monoisotopic (exact) mass is 432 g/mol. The molecule has 0 atom stereocenters. The first-order chi connectivity index (χ1) is 15.2. The van der Waals surface area contributed by atoms with Crippen molar-refractivity contribution in [2.24, 2.45) is 0 Å². The maximum atomic E-state index is 12.7. The lowest BCUT2D eigenvalue weighted by atomic mass is 10.1. The highest BCUT2D eigenvalue weighted by Gasteiger charge is 2.17.